The van der Waals surface area contributed by atoms with Crippen molar-refractivity contribution in [1.29, 1.82) is 0 Å². The van der Waals surface area contributed by atoms with Crippen LogP contribution < -0.4 is 15.4 Å². The van der Waals surface area contributed by atoms with Gasteiger partial charge in [0.1, 0.15) is 18.1 Å². The Bertz CT molecular complexity index is 767. The molecule has 8 heteroatoms. The van der Waals surface area contributed by atoms with Gasteiger partial charge < -0.3 is 19.9 Å². The zero-order valence-electron chi connectivity index (χ0n) is 15.1. The first kappa shape index (κ1) is 19.2. The van der Waals surface area contributed by atoms with Crippen molar-refractivity contribution < 1.29 is 14.3 Å². The normalized spacial score (nSPS) is 12.0. The second-order valence-electron chi connectivity index (χ2n) is 5.59. The van der Waals surface area contributed by atoms with Crippen molar-refractivity contribution in [3.8, 4) is 5.75 Å². The molecule has 1 aromatic carbocycles. The van der Waals surface area contributed by atoms with E-state index in [9.17, 15) is 9.59 Å². The van der Waals surface area contributed by atoms with Gasteiger partial charge in [0.2, 0.25) is 11.8 Å². The van der Waals surface area contributed by atoms with Gasteiger partial charge in [-0.3, -0.25) is 9.59 Å². The van der Waals surface area contributed by atoms with Gasteiger partial charge in [0, 0.05) is 12.6 Å². The van der Waals surface area contributed by atoms with Gasteiger partial charge in [-0.2, -0.15) is 0 Å². The van der Waals surface area contributed by atoms with Gasteiger partial charge in [-0.25, -0.2) is 0 Å². The van der Waals surface area contributed by atoms with E-state index in [2.05, 4.69) is 20.8 Å². The van der Waals surface area contributed by atoms with Gasteiger partial charge in [-0.05, 0) is 37.6 Å². The number of benzene rings is 1. The largest absolute Gasteiger partial charge is 0.497 e. The van der Waals surface area contributed by atoms with Crippen molar-refractivity contribution in [2.24, 2.45) is 0 Å². The molecule has 0 aliphatic rings. The molecule has 0 saturated carbocycles. The van der Waals surface area contributed by atoms with E-state index in [0.29, 0.717) is 5.82 Å². The van der Waals surface area contributed by atoms with E-state index >= 15 is 0 Å². The summed E-state index contributed by atoms with van der Waals surface area (Å²) in [5, 5.41) is 13.1. The smallest absolute Gasteiger partial charge is 0.244 e. The summed E-state index contributed by atoms with van der Waals surface area (Å²) < 4.78 is 6.91. The van der Waals surface area contributed by atoms with Gasteiger partial charge in [0.15, 0.2) is 5.82 Å². The zero-order chi connectivity index (χ0) is 18.9. The van der Waals surface area contributed by atoms with E-state index in [1.54, 1.807) is 26.4 Å². The molecule has 2 amide bonds. The molecular weight excluding hydrogens is 334 g/mol. The highest BCUT2D eigenvalue weighted by molar-refractivity contribution is 5.95. The van der Waals surface area contributed by atoms with Gasteiger partial charge >= 0.3 is 0 Å². The first-order chi connectivity index (χ1) is 12.5. The van der Waals surface area contributed by atoms with Crippen LogP contribution in [0.3, 0.4) is 0 Å². The lowest BCUT2D eigenvalue weighted by atomic mass is 10.2. The lowest BCUT2D eigenvalue weighted by Gasteiger charge is -2.13. The van der Waals surface area contributed by atoms with Crippen LogP contribution in [0.2, 0.25) is 0 Å². The molecule has 8 nitrogen and oxygen atoms in total. The number of aromatic nitrogens is 3. The number of aryl methyl sites for hydroxylation is 1. The molecular formula is C18H23N5O3. The first-order valence-corrected chi connectivity index (χ1v) is 8.30. The van der Waals surface area contributed by atoms with E-state index in [-0.39, 0.29) is 18.4 Å². The van der Waals surface area contributed by atoms with Crippen LogP contribution in [-0.2, 0) is 22.7 Å². The third kappa shape index (κ3) is 5.44. The molecule has 1 atom stereocenters. The van der Waals surface area contributed by atoms with Crippen molar-refractivity contribution in [1.82, 2.24) is 25.4 Å². The molecule has 0 bridgehead atoms. The van der Waals surface area contributed by atoms with Crippen LogP contribution in [-0.4, -0.2) is 39.7 Å². The molecule has 0 spiro atoms. The topological polar surface area (TPSA) is 98.1 Å². The van der Waals surface area contributed by atoms with Crippen LogP contribution in [0.4, 0.5) is 0 Å². The first-order valence-electron chi connectivity index (χ1n) is 8.30. The lowest BCUT2D eigenvalue weighted by molar-refractivity contribution is -0.126. The van der Waals surface area contributed by atoms with Crippen molar-refractivity contribution in [3.05, 3.63) is 48.1 Å². The maximum absolute atomic E-state index is 12.1. The number of hydrogen-bond acceptors (Lipinski definition) is 5. The standard InChI is InChI=1S/C18H23N5O3/c1-4-23-12-20-22-16(23)11-19-18(25)13(2)21-17(24)10-7-14-5-8-15(26-3)9-6-14/h5-10,12-13H,4,11H2,1-3H3,(H,19,25)(H,21,24)/b10-7+/t13-/m0/s1. The van der Waals surface area contributed by atoms with Crippen molar-refractivity contribution in [2.45, 2.75) is 33.0 Å². The van der Waals surface area contributed by atoms with E-state index in [4.69, 9.17) is 4.74 Å². The second kappa shape index (κ2) is 9.36. The number of nitrogens with one attached hydrogen (secondary N) is 2. The molecule has 0 radical (unpaired) electrons. The average molecular weight is 357 g/mol. The number of hydrogen-bond donors (Lipinski definition) is 2. The Morgan fingerprint density at radius 1 is 1.31 bits per heavy atom. The second-order valence-corrected chi connectivity index (χ2v) is 5.59. The van der Waals surface area contributed by atoms with Crippen LogP contribution >= 0.6 is 0 Å². The predicted molar refractivity (Wildman–Crippen MR) is 97.2 cm³/mol. The van der Waals surface area contributed by atoms with E-state index in [0.717, 1.165) is 17.9 Å². The van der Waals surface area contributed by atoms with Crippen LogP contribution in [0.1, 0.15) is 25.2 Å². The maximum atomic E-state index is 12.1. The fourth-order valence-electron chi connectivity index (χ4n) is 2.21. The number of carbonyl (C=O) groups excluding carboxylic acids is 2. The summed E-state index contributed by atoms with van der Waals surface area (Å²) in [6.45, 7) is 4.57. The van der Waals surface area contributed by atoms with Gasteiger partial charge in [0.05, 0.1) is 13.7 Å². The molecule has 138 valence electrons. The highest BCUT2D eigenvalue weighted by Gasteiger charge is 2.15. The number of rotatable bonds is 8. The van der Waals surface area contributed by atoms with Crippen LogP contribution in [0.5, 0.6) is 5.75 Å². The number of methoxy groups -OCH3 is 1. The molecule has 2 N–H and O–H groups in total. The lowest BCUT2D eigenvalue weighted by Crippen LogP contribution is -2.44. The minimum atomic E-state index is -0.666. The molecule has 0 unspecified atom stereocenters. The minimum absolute atomic E-state index is 0.259. The monoisotopic (exact) mass is 357 g/mol. The summed E-state index contributed by atoms with van der Waals surface area (Å²) in [6, 6.07) is 6.62. The fourth-order valence-corrected chi connectivity index (χ4v) is 2.21. The van der Waals surface area contributed by atoms with Gasteiger partial charge in [-0.1, -0.05) is 12.1 Å². The molecule has 0 aliphatic carbocycles. The van der Waals surface area contributed by atoms with Crippen LogP contribution in [0, 0.1) is 0 Å². The Balaban J connectivity index is 1.81. The Kier molecular flexibility index (Phi) is 6.90. The summed E-state index contributed by atoms with van der Waals surface area (Å²) in [4.78, 5) is 24.1. The number of ether oxygens (including phenoxy) is 1. The number of nitrogens with zero attached hydrogens (tertiary/aromatic N) is 3. The Labute approximate surface area is 152 Å². The molecule has 0 saturated heterocycles. The fraction of sp³-hybridized carbons (Fsp3) is 0.333. The summed E-state index contributed by atoms with van der Waals surface area (Å²) in [5.41, 5.74) is 0.858. The predicted octanol–water partition coefficient (Wildman–Crippen LogP) is 1.14. The zero-order valence-corrected chi connectivity index (χ0v) is 15.1. The molecule has 1 heterocycles. The Morgan fingerprint density at radius 3 is 2.69 bits per heavy atom. The third-order valence-electron chi connectivity index (χ3n) is 3.75. The van der Waals surface area contributed by atoms with Crippen LogP contribution in [0.15, 0.2) is 36.7 Å². The third-order valence-corrected chi connectivity index (χ3v) is 3.75. The molecule has 2 aromatic rings. The van der Waals surface area contributed by atoms with Crippen molar-refractivity contribution >= 4 is 17.9 Å². The van der Waals surface area contributed by atoms with E-state index < -0.39 is 6.04 Å². The van der Waals surface area contributed by atoms with Gasteiger partial charge in [-0.15, -0.1) is 10.2 Å². The SMILES string of the molecule is CCn1cnnc1CNC(=O)[C@H](C)NC(=O)/C=C/c1ccc(OC)cc1. The molecule has 0 aliphatic heterocycles. The highest BCUT2D eigenvalue weighted by Crippen LogP contribution is 2.12. The summed E-state index contributed by atoms with van der Waals surface area (Å²) in [7, 11) is 1.59. The van der Waals surface area contributed by atoms with Crippen LogP contribution in [0.25, 0.3) is 6.08 Å². The molecule has 1 aromatic heterocycles. The Morgan fingerprint density at radius 2 is 2.04 bits per heavy atom. The van der Waals surface area contributed by atoms with E-state index in [1.807, 2.05) is 35.8 Å². The molecule has 2 rings (SSSR count). The molecule has 0 fully saturated rings. The maximum Gasteiger partial charge on any atom is 0.244 e. The Hall–Kier alpha value is -3.16. The molecule has 26 heavy (non-hydrogen) atoms. The highest BCUT2D eigenvalue weighted by atomic mass is 16.5. The summed E-state index contributed by atoms with van der Waals surface area (Å²) >= 11 is 0. The number of carbonyl (C=O) groups is 2. The van der Waals surface area contributed by atoms with E-state index in [1.165, 1.54) is 6.08 Å². The summed E-state index contributed by atoms with van der Waals surface area (Å²) in [5.74, 6) is 0.775. The van der Waals surface area contributed by atoms with Crippen molar-refractivity contribution in [3.63, 3.8) is 0 Å². The van der Waals surface area contributed by atoms with Gasteiger partial charge in [0.25, 0.3) is 0 Å². The summed E-state index contributed by atoms with van der Waals surface area (Å²) in [6.07, 6.45) is 4.67. The quantitative estimate of drug-likeness (QED) is 0.691. The average Bonchev–Trinajstić information content (AvgIpc) is 3.12. The number of amides is 2. The van der Waals surface area contributed by atoms with Crippen molar-refractivity contribution in [2.75, 3.05) is 7.11 Å². The minimum Gasteiger partial charge on any atom is -0.497 e.